The number of hydrogen-bond acceptors (Lipinski definition) is 6. The second kappa shape index (κ2) is 10.4. The van der Waals surface area contributed by atoms with Crippen LogP contribution in [0.4, 0.5) is 13.2 Å². The lowest BCUT2D eigenvalue weighted by Crippen LogP contribution is -2.48. The molecule has 0 radical (unpaired) electrons. The van der Waals surface area contributed by atoms with E-state index in [1.165, 1.54) is 19.3 Å². The van der Waals surface area contributed by atoms with Gasteiger partial charge in [0.2, 0.25) is 0 Å². The van der Waals surface area contributed by atoms with E-state index < -0.39 is 17.8 Å². The minimum Gasteiger partial charge on any atom is -0.493 e. The van der Waals surface area contributed by atoms with E-state index in [4.69, 9.17) is 4.74 Å². The third kappa shape index (κ3) is 5.38. The number of aliphatic hydroxyl groups excluding tert-OH is 1. The zero-order valence-corrected chi connectivity index (χ0v) is 20.6. The Morgan fingerprint density at radius 1 is 1.27 bits per heavy atom. The van der Waals surface area contributed by atoms with Gasteiger partial charge in [-0.1, -0.05) is 0 Å². The summed E-state index contributed by atoms with van der Waals surface area (Å²) in [6.07, 6.45) is -3.38. The van der Waals surface area contributed by atoms with E-state index in [9.17, 15) is 27.9 Å². The van der Waals surface area contributed by atoms with Gasteiger partial charge in [0.05, 0.1) is 23.3 Å². The first kappa shape index (κ1) is 26.4. The number of carbonyl (C=O) groups is 2. The number of hydrogen-bond donors (Lipinski definition) is 3. The number of nitrogens with one attached hydrogen (secondary N) is 2. The standard InChI is InChI=1S/C25H28F3N5O4/c1-4-37-18-6-5-15(25(26,27)28)11-17(18)20-22-21(30-12-29-20)19(13(2)31-22)23(35)32-16-7-9-33(10-8-16)24(36)14(3)34/h5-6,11-12,14,16,31,34H,4,7-10H2,1-3H3,(H,32,35)/t14-/m0/s1. The van der Waals surface area contributed by atoms with Crippen LogP contribution < -0.4 is 10.1 Å². The Bertz CT molecular complexity index is 1310. The number of benzene rings is 1. The number of aromatic amines is 1. The SMILES string of the molecule is CCOc1ccc(C(F)(F)F)cc1-c1ncnc2c(C(=O)NC3CCN(C(=O)[C@H](C)O)CC3)c(C)[nH]c12. The lowest BCUT2D eigenvalue weighted by Gasteiger charge is -2.33. The molecule has 2 amide bonds. The molecular weight excluding hydrogens is 491 g/mol. The number of fused-ring (bicyclic) bond motifs is 1. The van der Waals surface area contributed by atoms with E-state index >= 15 is 0 Å². The number of alkyl halides is 3. The highest BCUT2D eigenvalue weighted by Crippen LogP contribution is 2.39. The molecule has 0 aliphatic carbocycles. The molecule has 1 atom stereocenters. The monoisotopic (exact) mass is 519 g/mol. The first-order valence-corrected chi connectivity index (χ1v) is 12.0. The number of halogens is 3. The van der Waals surface area contributed by atoms with Crippen LogP contribution in [0.25, 0.3) is 22.3 Å². The molecule has 0 spiro atoms. The second-order valence-corrected chi connectivity index (χ2v) is 8.96. The third-order valence-corrected chi connectivity index (χ3v) is 6.36. The number of likely N-dealkylation sites (tertiary alicyclic amines) is 1. The van der Waals surface area contributed by atoms with Gasteiger partial charge >= 0.3 is 6.18 Å². The maximum atomic E-state index is 13.5. The molecule has 1 aliphatic rings. The van der Waals surface area contributed by atoms with Crippen molar-refractivity contribution in [3.63, 3.8) is 0 Å². The van der Waals surface area contributed by atoms with Crippen LogP contribution in [-0.4, -0.2) is 68.6 Å². The Hall–Kier alpha value is -3.67. The van der Waals surface area contributed by atoms with Crippen molar-refractivity contribution in [2.75, 3.05) is 19.7 Å². The summed E-state index contributed by atoms with van der Waals surface area (Å²) in [4.78, 5) is 38.4. The summed E-state index contributed by atoms with van der Waals surface area (Å²) in [5.41, 5.74) is 0.829. The normalized spacial score (nSPS) is 15.6. The highest BCUT2D eigenvalue weighted by atomic mass is 19.4. The number of nitrogens with zero attached hydrogens (tertiary/aromatic N) is 3. The maximum Gasteiger partial charge on any atom is 0.416 e. The molecule has 1 fully saturated rings. The molecule has 0 unspecified atom stereocenters. The van der Waals surface area contributed by atoms with Crippen molar-refractivity contribution in [1.29, 1.82) is 0 Å². The molecule has 0 bridgehead atoms. The minimum atomic E-state index is -4.56. The molecule has 4 rings (SSSR count). The molecule has 198 valence electrons. The first-order valence-electron chi connectivity index (χ1n) is 12.0. The molecule has 1 aromatic carbocycles. The van der Waals surface area contributed by atoms with Crippen LogP contribution in [0.3, 0.4) is 0 Å². The van der Waals surface area contributed by atoms with E-state index in [-0.39, 0.29) is 52.6 Å². The number of piperidine rings is 1. The largest absolute Gasteiger partial charge is 0.493 e. The zero-order chi connectivity index (χ0) is 26.9. The van der Waals surface area contributed by atoms with Crippen molar-refractivity contribution in [3.8, 4) is 17.0 Å². The average molecular weight is 520 g/mol. The molecule has 3 N–H and O–H groups in total. The number of aromatic nitrogens is 3. The Labute approximate surface area is 211 Å². The number of carbonyl (C=O) groups excluding carboxylic acids is 2. The van der Waals surface area contributed by atoms with Crippen molar-refractivity contribution < 1.29 is 32.6 Å². The van der Waals surface area contributed by atoms with Crippen LogP contribution in [-0.2, 0) is 11.0 Å². The molecule has 1 aliphatic heterocycles. The van der Waals surface area contributed by atoms with E-state index in [0.29, 0.717) is 37.1 Å². The van der Waals surface area contributed by atoms with Gasteiger partial charge in [-0.05, 0) is 51.8 Å². The molecule has 37 heavy (non-hydrogen) atoms. The van der Waals surface area contributed by atoms with E-state index in [0.717, 1.165) is 12.1 Å². The molecule has 0 saturated carbocycles. The fourth-order valence-electron chi connectivity index (χ4n) is 4.54. The zero-order valence-electron chi connectivity index (χ0n) is 20.6. The van der Waals surface area contributed by atoms with Gasteiger partial charge in [-0.15, -0.1) is 0 Å². The number of H-pyrrole nitrogens is 1. The van der Waals surface area contributed by atoms with Crippen LogP contribution in [0.15, 0.2) is 24.5 Å². The van der Waals surface area contributed by atoms with Crippen molar-refractivity contribution in [3.05, 3.63) is 41.3 Å². The summed E-state index contributed by atoms with van der Waals surface area (Å²) in [5.74, 6) is -0.502. The van der Waals surface area contributed by atoms with Gasteiger partial charge in [0.25, 0.3) is 11.8 Å². The van der Waals surface area contributed by atoms with Gasteiger partial charge in [0.15, 0.2) is 0 Å². The summed E-state index contributed by atoms with van der Waals surface area (Å²) in [6.45, 7) is 5.88. The van der Waals surface area contributed by atoms with Gasteiger partial charge in [0, 0.05) is 30.4 Å². The smallest absolute Gasteiger partial charge is 0.416 e. The van der Waals surface area contributed by atoms with Crippen molar-refractivity contribution in [2.24, 2.45) is 0 Å². The van der Waals surface area contributed by atoms with Crippen LogP contribution in [0.5, 0.6) is 5.75 Å². The van der Waals surface area contributed by atoms with E-state index in [1.54, 1.807) is 18.7 Å². The van der Waals surface area contributed by atoms with Gasteiger partial charge < -0.3 is 25.0 Å². The number of ether oxygens (including phenoxy) is 1. The third-order valence-electron chi connectivity index (χ3n) is 6.36. The molecular formula is C25H28F3N5O4. The van der Waals surface area contributed by atoms with Crippen LogP contribution >= 0.6 is 0 Å². The predicted octanol–water partition coefficient (Wildman–Crippen LogP) is 3.45. The topological polar surface area (TPSA) is 120 Å². The Kier molecular flexibility index (Phi) is 7.39. The van der Waals surface area contributed by atoms with Crippen LogP contribution in [0.2, 0.25) is 0 Å². The van der Waals surface area contributed by atoms with Crippen molar-refractivity contribution in [1.82, 2.24) is 25.2 Å². The summed E-state index contributed by atoms with van der Waals surface area (Å²) < 4.78 is 45.9. The maximum absolute atomic E-state index is 13.5. The summed E-state index contributed by atoms with van der Waals surface area (Å²) >= 11 is 0. The van der Waals surface area contributed by atoms with E-state index in [2.05, 4.69) is 20.3 Å². The molecule has 12 heteroatoms. The second-order valence-electron chi connectivity index (χ2n) is 8.96. The summed E-state index contributed by atoms with van der Waals surface area (Å²) in [7, 11) is 0. The molecule has 3 aromatic rings. The first-order chi connectivity index (χ1) is 17.5. The Balaban J connectivity index is 1.64. The lowest BCUT2D eigenvalue weighted by atomic mass is 10.0. The van der Waals surface area contributed by atoms with E-state index in [1.807, 2.05) is 0 Å². The highest BCUT2D eigenvalue weighted by Gasteiger charge is 2.32. The van der Waals surface area contributed by atoms with Crippen LogP contribution in [0.1, 0.15) is 48.3 Å². The van der Waals surface area contributed by atoms with Gasteiger partial charge in [-0.3, -0.25) is 9.59 Å². The number of aliphatic hydroxyl groups is 1. The number of aryl methyl sites for hydroxylation is 1. The number of amides is 2. The lowest BCUT2D eigenvalue weighted by molar-refractivity contribution is -0.140. The highest BCUT2D eigenvalue weighted by molar-refractivity contribution is 6.09. The summed E-state index contributed by atoms with van der Waals surface area (Å²) in [5, 5.41) is 12.5. The fraction of sp³-hybridized carbons (Fsp3) is 0.440. The summed E-state index contributed by atoms with van der Waals surface area (Å²) in [6, 6.07) is 2.99. The predicted molar refractivity (Wildman–Crippen MR) is 129 cm³/mol. The Morgan fingerprint density at radius 2 is 1.97 bits per heavy atom. The van der Waals surface area contributed by atoms with Gasteiger partial charge in [0.1, 0.15) is 29.4 Å². The van der Waals surface area contributed by atoms with Crippen molar-refractivity contribution >= 4 is 22.8 Å². The molecule has 1 saturated heterocycles. The number of rotatable bonds is 6. The fourth-order valence-corrected chi connectivity index (χ4v) is 4.54. The van der Waals surface area contributed by atoms with Crippen molar-refractivity contribution in [2.45, 2.75) is 51.9 Å². The molecule has 3 heterocycles. The molecule has 9 nitrogen and oxygen atoms in total. The molecule has 2 aromatic heterocycles. The van der Waals surface area contributed by atoms with Crippen LogP contribution in [0, 0.1) is 6.92 Å². The van der Waals surface area contributed by atoms with Gasteiger partial charge in [-0.25, -0.2) is 9.97 Å². The van der Waals surface area contributed by atoms with Gasteiger partial charge in [-0.2, -0.15) is 13.2 Å². The quantitative estimate of drug-likeness (QED) is 0.459. The average Bonchev–Trinajstić information content (AvgIpc) is 3.19. The Morgan fingerprint density at radius 3 is 2.59 bits per heavy atom. The minimum absolute atomic E-state index is 0.132.